The molecule has 2 saturated heterocycles. The second kappa shape index (κ2) is 4.16. The molecule has 0 amide bonds. The van der Waals surface area contributed by atoms with Crippen LogP contribution in [0, 0.1) is 0 Å². The normalized spacial score (nSPS) is 39.2. The minimum Gasteiger partial charge on any atom is -0.328 e. The fourth-order valence-corrected chi connectivity index (χ4v) is 3.10. The van der Waals surface area contributed by atoms with Crippen LogP contribution in [-0.2, 0) is 0 Å². The first kappa shape index (κ1) is 11.3. The average molecular weight is 205 g/mol. The topological polar surface area (TPSA) is 29.3 Å². The van der Waals surface area contributed by atoms with Crippen LogP contribution in [0.1, 0.15) is 39.5 Å². The van der Waals surface area contributed by atoms with Crippen LogP contribution < -0.4 is 5.73 Å². The van der Waals surface area contributed by atoms with Crippen molar-refractivity contribution in [1.29, 1.82) is 0 Å². The standard InChI is InChI=1S/C10H20N2.ClH/c1-7(2)12-9-3-4-10(12)6-8(11)5-9;/h7-10H,3-6,11H2,1-2H3;1H. The SMILES string of the molecule is CC(C)N1C2CCC1CC(N)C2.Cl. The fourth-order valence-electron chi connectivity index (χ4n) is 3.10. The van der Waals surface area contributed by atoms with Crippen molar-refractivity contribution in [2.75, 3.05) is 0 Å². The molecule has 13 heavy (non-hydrogen) atoms. The molecule has 0 aromatic rings. The monoisotopic (exact) mass is 204 g/mol. The molecule has 0 aromatic heterocycles. The first-order chi connectivity index (χ1) is 5.68. The summed E-state index contributed by atoms with van der Waals surface area (Å²) in [5.41, 5.74) is 5.99. The van der Waals surface area contributed by atoms with Crippen molar-refractivity contribution in [1.82, 2.24) is 4.90 Å². The quantitative estimate of drug-likeness (QED) is 0.706. The van der Waals surface area contributed by atoms with Gasteiger partial charge in [0.2, 0.25) is 0 Å². The van der Waals surface area contributed by atoms with Crippen molar-refractivity contribution in [3.8, 4) is 0 Å². The minimum atomic E-state index is 0. The lowest BCUT2D eigenvalue weighted by Crippen LogP contribution is -2.50. The van der Waals surface area contributed by atoms with E-state index in [1.807, 2.05) is 0 Å². The number of nitrogens with two attached hydrogens (primary N) is 1. The lowest BCUT2D eigenvalue weighted by atomic mass is 9.97. The molecule has 2 rings (SSSR count). The highest BCUT2D eigenvalue weighted by molar-refractivity contribution is 5.85. The summed E-state index contributed by atoms with van der Waals surface area (Å²) in [5.74, 6) is 0. The summed E-state index contributed by atoms with van der Waals surface area (Å²) in [6.45, 7) is 4.62. The van der Waals surface area contributed by atoms with Gasteiger partial charge in [0, 0.05) is 24.2 Å². The molecule has 0 radical (unpaired) electrons. The van der Waals surface area contributed by atoms with E-state index in [0.717, 1.165) is 18.1 Å². The molecule has 2 aliphatic rings. The number of piperidine rings is 1. The molecule has 2 unspecified atom stereocenters. The maximum atomic E-state index is 5.99. The van der Waals surface area contributed by atoms with Crippen LogP contribution in [0.15, 0.2) is 0 Å². The molecule has 0 aliphatic carbocycles. The molecule has 2 N–H and O–H groups in total. The van der Waals surface area contributed by atoms with Crippen molar-refractivity contribution in [2.24, 2.45) is 5.73 Å². The maximum Gasteiger partial charge on any atom is 0.0116 e. The van der Waals surface area contributed by atoms with Gasteiger partial charge in [0.15, 0.2) is 0 Å². The third-order valence-electron chi connectivity index (χ3n) is 3.42. The van der Waals surface area contributed by atoms with Crippen LogP contribution in [-0.4, -0.2) is 29.1 Å². The van der Waals surface area contributed by atoms with E-state index in [1.165, 1.54) is 25.7 Å². The van der Waals surface area contributed by atoms with Gasteiger partial charge >= 0.3 is 0 Å². The van der Waals surface area contributed by atoms with Gasteiger partial charge < -0.3 is 5.73 Å². The molecule has 0 aromatic carbocycles. The first-order valence-corrected chi connectivity index (χ1v) is 5.21. The van der Waals surface area contributed by atoms with Crippen LogP contribution in [0.3, 0.4) is 0 Å². The zero-order valence-corrected chi connectivity index (χ0v) is 9.39. The minimum absolute atomic E-state index is 0. The molecule has 2 fully saturated rings. The van der Waals surface area contributed by atoms with Gasteiger partial charge in [0.1, 0.15) is 0 Å². The summed E-state index contributed by atoms with van der Waals surface area (Å²) in [6, 6.07) is 2.81. The molecule has 2 heterocycles. The highest BCUT2D eigenvalue weighted by Gasteiger charge is 2.40. The highest BCUT2D eigenvalue weighted by Crippen LogP contribution is 2.36. The van der Waals surface area contributed by atoms with Gasteiger partial charge in [-0.05, 0) is 39.5 Å². The van der Waals surface area contributed by atoms with Gasteiger partial charge in [-0.25, -0.2) is 0 Å². The average Bonchev–Trinajstić information content (AvgIpc) is 2.24. The number of halogens is 1. The number of hydrogen-bond donors (Lipinski definition) is 1. The summed E-state index contributed by atoms with van der Waals surface area (Å²) in [4.78, 5) is 2.68. The van der Waals surface area contributed by atoms with E-state index in [0.29, 0.717) is 6.04 Å². The van der Waals surface area contributed by atoms with Gasteiger partial charge in [0.25, 0.3) is 0 Å². The van der Waals surface area contributed by atoms with Crippen LogP contribution in [0.5, 0.6) is 0 Å². The Balaban J connectivity index is 0.000000845. The highest BCUT2D eigenvalue weighted by atomic mass is 35.5. The first-order valence-electron chi connectivity index (χ1n) is 5.21. The van der Waals surface area contributed by atoms with Crippen molar-refractivity contribution in [3.63, 3.8) is 0 Å². The van der Waals surface area contributed by atoms with Gasteiger partial charge in [-0.3, -0.25) is 4.90 Å². The molecule has 0 spiro atoms. The molecule has 2 bridgehead atoms. The summed E-state index contributed by atoms with van der Waals surface area (Å²) in [5, 5.41) is 0. The Morgan fingerprint density at radius 1 is 1.15 bits per heavy atom. The Bertz CT molecular complexity index is 158. The lowest BCUT2D eigenvalue weighted by Gasteiger charge is -2.40. The number of nitrogens with zero attached hydrogens (tertiary/aromatic N) is 1. The van der Waals surface area contributed by atoms with Gasteiger partial charge in [0.05, 0.1) is 0 Å². The smallest absolute Gasteiger partial charge is 0.0116 e. The number of fused-ring (bicyclic) bond motifs is 2. The summed E-state index contributed by atoms with van der Waals surface area (Å²) >= 11 is 0. The Labute approximate surface area is 87.3 Å². The fraction of sp³-hybridized carbons (Fsp3) is 1.00. The van der Waals surface area contributed by atoms with Gasteiger partial charge in [-0.2, -0.15) is 0 Å². The Hall–Kier alpha value is 0.210. The van der Waals surface area contributed by atoms with Crippen molar-refractivity contribution in [2.45, 2.75) is 63.7 Å². The van der Waals surface area contributed by atoms with E-state index in [9.17, 15) is 0 Å². The zero-order valence-electron chi connectivity index (χ0n) is 8.57. The molecule has 2 aliphatic heterocycles. The van der Waals surface area contributed by atoms with Gasteiger partial charge in [-0.15, -0.1) is 12.4 Å². The third kappa shape index (κ3) is 2.00. The van der Waals surface area contributed by atoms with Crippen molar-refractivity contribution in [3.05, 3.63) is 0 Å². The lowest BCUT2D eigenvalue weighted by molar-refractivity contribution is 0.0938. The third-order valence-corrected chi connectivity index (χ3v) is 3.42. The molecule has 2 nitrogen and oxygen atoms in total. The number of hydrogen-bond acceptors (Lipinski definition) is 2. The molecule has 0 saturated carbocycles. The summed E-state index contributed by atoms with van der Waals surface area (Å²) < 4.78 is 0. The zero-order chi connectivity index (χ0) is 8.72. The predicted molar refractivity (Wildman–Crippen MR) is 58.2 cm³/mol. The Morgan fingerprint density at radius 2 is 1.62 bits per heavy atom. The Kier molecular flexibility index (Phi) is 3.61. The van der Waals surface area contributed by atoms with E-state index in [2.05, 4.69) is 18.7 Å². The summed E-state index contributed by atoms with van der Waals surface area (Å²) in [6.07, 6.45) is 5.23. The second-order valence-electron chi connectivity index (χ2n) is 4.66. The van der Waals surface area contributed by atoms with Gasteiger partial charge in [-0.1, -0.05) is 0 Å². The van der Waals surface area contributed by atoms with Crippen molar-refractivity contribution >= 4 is 12.4 Å². The molecule has 78 valence electrons. The molecule has 2 atom stereocenters. The van der Waals surface area contributed by atoms with E-state index < -0.39 is 0 Å². The van der Waals surface area contributed by atoms with E-state index in [-0.39, 0.29) is 12.4 Å². The van der Waals surface area contributed by atoms with E-state index in [1.54, 1.807) is 0 Å². The predicted octanol–water partition coefficient (Wildman–Crippen LogP) is 1.77. The van der Waals surface area contributed by atoms with E-state index >= 15 is 0 Å². The molecule has 3 heteroatoms. The molecular formula is C10H21ClN2. The van der Waals surface area contributed by atoms with E-state index in [4.69, 9.17) is 5.73 Å². The van der Waals surface area contributed by atoms with Crippen molar-refractivity contribution < 1.29 is 0 Å². The van der Waals surface area contributed by atoms with Crippen LogP contribution in [0.4, 0.5) is 0 Å². The summed E-state index contributed by atoms with van der Waals surface area (Å²) in [7, 11) is 0. The Morgan fingerprint density at radius 3 is 2.00 bits per heavy atom. The largest absolute Gasteiger partial charge is 0.328 e. The number of rotatable bonds is 1. The maximum absolute atomic E-state index is 5.99. The second-order valence-corrected chi connectivity index (χ2v) is 4.66. The molecular weight excluding hydrogens is 184 g/mol. The van der Waals surface area contributed by atoms with Crippen LogP contribution in [0.25, 0.3) is 0 Å². The van der Waals surface area contributed by atoms with Crippen LogP contribution >= 0.6 is 12.4 Å². The van der Waals surface area contributed by atoms with Crippen LogP contribution in [0.2, 0.25) is 0 Å².